The Morgan fingerprint density at radius 3 is 2.78 bits per heavy atom. The van der Waals surface area contributed by atoms with Crippen molar-refractivity contribution >= 4 is 29.3 Å². The van der Waals surface area contributed by atoms with Crippen LogP contribution < -0.4 is 20.9 Å². The van der Waals surface area contributed by atoms with Gasteiger partial charge in [0.25, 0.3) is 0 Å². The lowest BCUT2D eigenvalue weighted by Crippen LogP contribution is -2.46. The lowest BCUT2D eigenvalue weighted by atomic mass is 9.91. The van der Waals surface area contributed by atoms with Gasteiger partial charge in [0, 0.05) is 33.4 Å². The molecule has 0 bridgehead atoms. The van der Waals surface area contributed by atoms with Gasteiger partial charge in [-0.05, 0) is 19.1 Å². The number of halogens is 1. The topological polar surface area (TPSA) is 62.4 Å². The molecule has 2 saturated heterocycles. The van der Waals surface area contributed by atoms with Crippen molar-refractivity contribution in [2.45, 2.75) is 31.0 Å². The number of carbonyl (C=O) groups is 1. The normalized spacial score (nSPS) is 27.6. The molecule has 4 rings (SSSR count). The van der Waals surface area contributed by atoms with Crippen molar-refractivity contribution in [1.82, 2.24) is 16.2 Å². The highest BCUT2D eigenvalue weighted by molar-refractivity contribution is 8.00. The van der Waals surface area contributed by atoms with Gasteiger partial charge >= 0.3 is 0 Å². The molecule has 1 amide bonds. The molecule has 142 valence electrons. The minimum absolute atomic E-state index is 0.0513. The quantitative estimate of drug-likeness (QED) is 0.731. The fourth-order valence-electron chi connectivity index (χ4n) is 3.68. The average molecular weight is 404 g/mol. The summed E-state index contributed by atoms with van der Waals surface area (Å²) in [6, 6.07) is 16.0. The van der Waals surface area contributed by atoms with E-state index in [-0.39, 0.29) is 29.3 Å². The van der Waals surface area contributed by atoms with Crippen LogP contribution >= 0.6 is 23.4 Å². The summed E-state index contributed by atoms with van der Waals surface area (Å²) in [4.78, 5) is 12.1. The zero-order valence-corrected chi connectivity index (χ0v) is 16.5. The summed E-state index contributed by atoms with van der Waals surface area (Å²) in [5.74, 6) is 1.54. The SMILES string of the molecule is CC1NNC2NC(=O)CSC(c3ccccc3OCc3ccccc3Cl)C12. The molecule has 2 aliphatic heterocycles. The van der Waals surface area contributed by atoms with Crippen molar-refractivity contribution in [2.75, 3.05) is 5.75 Å². The van der Waals surface area contributed by atoms with Gasteiger partial charge in [-0.1, -0.05) is 48.0 Å². The molecule has 7 heteroatoms. The van der Waals surface area contributed by atoms with Crippen molar-refractivity contribution in [1.29, 1.82) is 0 Å². The standard InChI is InChI=1S/C20H22ClN3O2S/c1-12-18-19(27-11-17(25)22-20(18)24-23-12)14-7-3-5-9-16(14)26-10-13-6-2-4-8-15(13)21/h2-9,12,18-20,23-24H,10-11H2,1H3,(H,22,25). The number of rotatable bonds is 4. The highest BCUT2D eigenvalue weighted by Gasteiger charge is 2.43. The number of ether oxygens (including phenoxy) is 1. The van der Waals surface area contributed by atoms with E-state index in [4.69, 9.17) is 16.3 Å². The van der Waals surface area contributed by atoms with Gasteiger partial charge in [0.15, 0.2) is 0 Å². The third kappa shape index (κ3) is 3.94. The molecule has 0 saturated carbocycles. The van der Waals surface area contributed by atoms with Crippen LogP contribution in [0.1, 0.15) is 23.3 Å². The predicted molar refractivity (Wildman–Crippen MR) is 109 cm³/mol. The first-order valence-electron chi connectivity index (χ1n) is 9.00. The van der Waals surface area contributed by atoms with Crippen LogP contribution in [0.5, 0.6) is 5.75 Å². The van der Waals surface area contributed by atoms with Crippen LogP contribution in [0.4, 0.5) is 0 Å². The molecular formula is C20H22ClN3O2S. The molecule has 2 aromatic carbocycles. The number of amides is 1. The first kappa shape index (κ1) is 18.6. The molecule has 2 aliphatic rings. The highest BCUT2D eigenvalue weighted by atomic mass is 35.5. The minimum atomic E-state index is -0.0934. The number of thioether (sulfide) groups is 1. The summed E-state index contributed by atoms with van der Waals surface area (Å²) < 4.78 is 6.16. The Bertz CT molecular complexity index is 834. The zero-order valence-electron chi connectivity index (χ0n) is 14.9. The molecule has 2 heterocycles. The van der Waals surface area contributed by atoms with Gasteiger partial charge in [-0.25, -0.2) is 5.43 Å². The second-order valence-corrected chi connectivity index (χ2v) is 8.39. The van der Waals surface area contributed by atoms with Gasteiger partial charge in [-0.15, -0.1) is 11.8 Å². The van der Waals surface area contributed by atoms with Crippen LogP contribution in [0.15, 0.2) is 48.5 Å². The second-order valence-electron chi connectivity index (χ2n) is 6.85. The number of hydrogen-bond acceptors (Lipinski definition) is 5. The Labute approximate surface area is 168 Å². The monoisotopic (exact) mass is 403 g/mol. The van der Waals surface area contributed by atoms with Gasteiger partial charge in [0.05, 0.1) is 11.9 Å². The Morgan fingerprint density at radius 2 is 1.93 bits per heavy atom. The Morgan fingerprint density at radius 1 is 1.15 bits per heavy atom. The third-order valence-electron chi connectivity index (χ3n) is 5.06. The van der Waals surface area contributed by atoms with Crippen LogP contribution in [-0.4, -0.2) is 23.9 Å². The lowest BCUT2D eigenvalue weighted by Gasteiger charge is -2.28. The zero-order chi connectivity index (χ0) is 18.8. The van der Waals surface area contributed by atoms with E-state index in [9.17, 15) is 4.79 Å². The summed E-state index contributed by atoms with van der Waals surface area (Å²) in [7, 11) is 0. The number of hydrogen-bond donors (Lipinski definition) is 3. The van der Waals surface area contributed by atoms with E-state index >= 15 is 0 Å². The third-order valence-corrected chi connectivity index (χ3v) is 6.78. The number of para-hydroxylation sites is 1. The largest absolute Gasteiger partial charge is 0.489 e. The molecule has 3 N–H and O–H groups in total. The van der Waals surface area contributed by atoms with E-state index < -0.39 is 0 Å². The van der Waals surface area contributed by atoms with E-state index in [2.05, 4.69) is 29.2 Å². The van der Waals surface area contributed by atoms with Crippen LogP contribution in [0.3, 0.4) is 0 Å². The molecule has 2 aromatic rings. The van der Waals surface area contributed by atoms with Gasteiger partial charge < -0.3 is 10.1 Å². The molecule has 0 aromatic heterocycles. The van der Waals surface area contributed by atoms with Crippen molar-refractivity contribution < 1.29 is 9.53 Å². The van der Waals surface area contributed by atoms with Crippen LogP contribution in [-0.2, 0) is 11.4 Å². The molecule has 0 radical (unpaired) electrons. The van der Waals surface area contributed by atoms with E-state index in [1.54, 1.807) is 11.8 Å². The maximum atomic E-state index is 12.1. The van der Waals surface area contributed by atoms with E-state index in [1.807, 2.05) is 42.5 Å². The van der Waals surface area contributed by atoms with Crippen molar-refractivity contribution in [3.8, 4) is 5.75 Å². The van der Waals surface area contributed by atoms with Gasteiger partial charge in [-0.2, -0.15) is 0 Å². The van der Waals surface area contributed by atoms with Crippen LogP contribution in [0.2, 0.25) is 5.02 Å². The molecule has 0 aliphatic carbocycles. The number of fused-ring (bicyclic) bond motifs is 1. The molecule has 4 unspecified atom stereocenters. The molecule has 4 atom stereocenters. The van der Waals surface area contributed by atoms with Crippen molar-refractivity contribution in [3.63, 3.8) is 0 Å². The second kappa shape index (κ2) is 8.10. The van der Waals surface area contributed by atoms with Gasteiger partial charge in [0.2, 0.25) is 5.91 Å². The summed E-state index contributed by atoms with van der Waals surface area (Å²) in [6.07, 6.45) is -0.0934. The van der Waals surface area contributed by atoms with E-state index in [1.165, 1.54) is 0 Å². The van der Waals surface area contributed by atoms with Crippen molar-refractivity contribution in [3.05, 3.63) is 64.7 Å². The minimum Gasteiger partial charge on any atom is -0.489 e. The predicted octanol–water partition coefficient (Wildman–Crippen LogP) is 3.26. The fourth-order valence-corrected chi connectivity index (χ4v) is 5.27. The first-order chi connectivity index (χ1) is 13.1. The lowest BCUT2D eigenvalue weighted by molar-refractivity contribution is -0.119. The molecule has 2 fully saturated rings. The smallest absolute Gasteiger partial charge is 0.231 e. The Hall–Kier alpha value is -1.73. The Balaban J connectivity index is 1.61. The van der Waals surface area contributed by atoms with E-state index in [0.29, 0.717) is 17.4 Å². The molecule has 0 spiro atoms. The van der Waals surface area contributed by atoms with Crippen LogP contribution in [0, 0.1) is 5.92 Å². The Kier molecular flexibility index (Phi) is 5.59. The average Bonchev–Trinajstić information content (AvgIpc) is 2.93. The first-order valence-corrected chi connectivity index (χ1v) is 10.4. The highest BCUT2D eigenvalue weighted by Crippen LogP contribution is 2.45. The molecule has 5 nitrogen and oxygen atoms in total. The maximum absolute atomic E-state index is 12.1. The van der Waals surface area contributed by atoms with E-state index in [0.717, 1.165) is 16.9 Å². The number of carbonyl (C=O) groups excluding carboxylic acids is 1. The fraction of sp³-hybridized carbons (Fsp3) is 0.350. The summed E-state index contributed by atoms with van der Waals surface area (Å²) in [5.41, 5.74) is 8.53. The summed E-state index contributed by atoms with van der Waals surface area (Å²) in [5, 5.41) is 3.90. The maximum Gasteiger partial charge on any atom is 0.231 e. The molecular weight excluding hydrogens is 382 g/mol. The summed E-state index contributed by atoms with van der Waals surface area (Å²) in [6.45, 7) is 2.54. The van der Waals surface area contributed by atoms with Gasteiger partial charge in [0.1, 0.15) is 12.4 Å². The number of benzene rings is 2. The molecule has 27 heavy (non-hydrogen) atoms. The van der Waals surface area contributed by atoms with Crippen molar-refractivity contribution in [2.24, 2.45) is 5.92 Å². The van der Waals surface area contributed by atoms with Crippen LogP contribution in [0.25, 0.3) is 0 Å². The number of nitrogens with one attached hydrogen (secondary N) is 3. The van der Waals surface area contributed by atoms with Gasteiger partial charge in [-0.3, -0.25) is 10.2 Å². The number of hydrazine groups is 1. The summed E-state index contributed by atoms with van der Waals surface area (Å²) >= 11 is 7.93.